The van der Waals surface area contributed by atoms with E-state index in [9.17, 15) is 5.11 Å². The average molecular weight is 263 g/mol. The summed E-state index contributed by atoms with van der Waals surface area (Å²) in [7, 11) is 1.56. The van der Waals surface area contributed by atoms with E-state index in [0.717, 1.165) is 18.7 Å². The standard InChI is InChI=1S/C16H25NO2/c1-15(2)14(16(15,3)4)10-17-9-11-6-7-13(19-5)12(18)8-11/h6-8,14,17-18H,9-10H2,1-5H3. The van der Waals surface area contributed by atoms with E-state index in [0.29, 0.717) is 22.5 Å². The van der Waals surface area contributed by atoms with Crippen LogP contribution in [0.5, 0.6) is 11.5 Å². The fourth-order valence-electron chi connectivity index (χ4n) is 3.05. The van der Waals surface area contributed by atoms with Crippen LogP contribution in [0.3, 0.4) is 0 Å². The summed E-state index contributed by atoms with van der Waals surface area (Å²) < 4.78 is 5.04. The summed E-state index contributed by atoms with van der Waals surface area (Å²) >= 11 is 0. The number of aromatic hydroxyl groups is 1. The molecule has 0 radical (unpaired) electrons. The smallest absolute Gasteiger partial charge is 0.160 e. The van der Waals surface area contributed by atoms with Gasteiger partial charge in [-0.1, -0.05) is 33.8 Å². The summed E-state index contributed by atoms with van der Waals surface area (Å²) in [6.07, 6.45) is 0. The molecule has 106 valence electrons. The van der Waals surface area contributed by atoms with Gasteiger partial charge >= 0.3 is 0 Å². The van der Waals surface area contributed by atoms with Gasteiger partial charge in [-0.15, -0.1) is 0 Å². The van der Waals surface area contributed by atoms with Crippen LogP contribution in [0.1, 0.15) is 33.3 Å². The highest BCUT2D eigenvalue weighted by atomic mass is 16.5. The third-order valence-electron chi connectivity index (χ3n) is 5.24. The number of nitrogens with one attached hydrogen (secondary N) is 1. The van der Waals surface area contributed by atoms with Gasteiger partial charge in [-0.2, -0.15) is 0 Å². The lowest BCUT2D eigenvalue weighted by atomic mass is 10.0. The molecule has 0 aromatic heterocycles. The summed E-state index contributed by atoms with van der Waals surface area (Å²) in [5.41, 5.74) is 1.92. The first-order valence-corrected chi connectivity index (χ1v) is 6.87. The van der Waals surface area contributed by atoms with E-state index >= 15 is 0 Å². The van der Waals surface area contributed by atoms with Crippen molar-refractivity contribution in [2.75, 3.05) is 13.7 Å². The molecule has 1 saturated carbocycles. The maximum absolute atomic E-state index is 9.73. The van der Waals surface area contributed by atoms with Gasteiger partial charge in [-0.25, -0.2) is 0 Å². The molecular formula is C16H25NO2. The zero-order valence-corrected chi connectivity index (χ0v) is 12.6. The molecule has 1 aliphatic carbocycles. The van der Waals surface area contributed by atoms with Gasteiger partial charge in [0.25, 0.3) is 0 Å². The Morgan fingerprint density at radius 1 is 1.21 bits per heavy atom. The van der Waals surface area contributed by atoms with Crippen molar-refractivity contribution in [2.24, 2.45) is 16.7 Å². The summed E-state index contributed by atoms with van der Waals surface area (Å²) in [5.74, 6) is 1.44. The molecule has 0 atom stereocenters. The van der Waals surface area contributed by atoms with Gasteiger partial charge in [-0.3, -0.25) is 0 Å². The number of phenols is 1. The molecule has 2 N–H and O–H groups in total. The number of ether oxygens (including phenoxy) is 1. The molecule has 0 spiro atoms. The molecule has 2 rings (SSSR count). The molecule has 0 bridgehead atoms. The molecule has 0 heterocycles. The van der Waals surface area contributed by atoms with Crippen LogP contribution in [0, 0.1) is 16.7 Å². The number of methoxy groups -OCH3 is 1. The Balaban J connectivity index is 1.86. The highest BCUT2D eigenvalue weighted by Crippen LogP contribution is 2.67. The molecule has 1 aliphatic rings. The van der Waals surface area contributed by atoms with E-state index in [-0.39, 0.29) is 5.75 Å². The van der Waals surface area contributed by atoms with Crippen molar-refractivity contribution in [3.63, 3.8) is 0 Å². The normalized spacial score (nSPS) is 20.3. The van der Waals surface area contributed by atoms with Gasteiger partial charge in [0.1, 0.15) is 0 Å². The van der Waals surface area contributed by atoms with Crippen LogP contribution in [0.4, 0.5) is 0 Å². The molecule has 1 aromatic carbocycles. The molecular weight excluding hydrogens is 238 g/mol. The second-order valence-corrected chi connectivity index (χ2v) is 6.63. The molecule has 3 heteroatoms. The Kier molecular flexibility index (Phi) is 3.52. The lowest BCUT2D eigenvalue weighted by Gasteiger charge is -2.08. The molecule has 0 amide bonds. The van der Waals surface area contributed by atoms with Crippen molar-refractivity contribution in [3.8, 4) is 11.5 Å². The number of hydrogen-bond donors (Lipinski definition) is 2. The Hall–Kier alpha value is -1.22. The van der Waals surface area contributed by atoms with Crippen LogP contribution in [0.2, 0.25) is 0 Å². The molecule has 19 heavy (non-hydrogen) atoms. The topological polar surface area (TPSA) is 41.5 Å². The third-order valence-corrected chi connectivity index (χ3v) is 5.24. The fourth-order valence-corrected chi connectivity index (χ4v) is 3.05. The molecule has 1 aromatic rings. The number of hydrogen-bond acceptors (Lipinski definition) is 3. The fraction of sp³-hybridized carbons (Fsp3) is 0.625. The third kappa shape index (κ3) is 2.44. The van der Waals surface area contributed by atoms with Gasteiger partial charge in [0.05, 0.1) is 7.11 Å². The van der Waals surface area contributed by atoms with Crippen molar-refractivity contribution in [2.45, 2.75) is 34.2 Å². The quantitative estimate of drug-likeness (QED) is 0.857. The van der Waals surface area contributed by atoms with E-state index in [1.54, 1.807) is 19.2 Å². The van der Waals surface area contributed by atoms with Crippen LogP contribution in [0.15, 0.2) is 18.2 Å². The highest BCUT2D eigenvalue weighted by molar-refractivity contribution is 5.41. The second kappa shape index (κ2) is 4.71. The Labute approximate surface area is 116 Å². The van der Waals surface area contributed by atoms with E-state index in [1.165, 1.54) is 0 Å². The summed E-state index contributed by atoms with van der Waals surface area (Å²) in [6, 6.07) is 5.54. The van der Waals surface area contributed by atoms with Crippen molar-refractivity contribution in [1.82, 2.24) is 5.32 Å². The van der Waals surface area contributed by atoms with Gasteiger partial charge < -0.3 is 15.2 Å². The summed E-state index contributed by atoms with van der Waals surface area (Å²) in [5, 5.41) is 13.2. The van der Waals surface area contributed by atoms with Crippen molar-refractivity contribution in [3.05, 3.63) is 23.8 Å². The van der Waals surface area contributed by atoms with Crippen molar-refractivity contribution >= 4 is 0 Å². The lowest BCUT2D eigenvalue weighted by Crippen LogP contribution is -2.18. The Morgan fingerprint density at radius 2 is 1.84 bits per heavy atom. The van der Waals surface area contributed by atoms with Gasteiger partial charge in [0, 0.05) is 6.54 Å². The van der Waals surface area contributed by atoms with Gasteiger partial charge in [-0.05, 0) is 41.0 Å². The monoisotopic (exact) mass is 263 g/mol. The minimum Gasteiger partial charge on any atom is -0.504 e. The SMILES string of the molecule is COc1ccc(CNCC2C(C)(C)C2(C)C)cc1O. The first kappa shape index (κ1) is 14.2. The van der Waals surface area contributed by atoms with Crippen LogP contribution in [-0.4, -0.2) is 18.8 Å². The maximum Gasteiger partial charge on any atom is 0.160 e. The summed E-state index contributed by atoms with van der Waals surface area (Å²) in [6.45, 7) is 11.1. The van der Waals surface area contributed by atoms with E-state index in [4.69, 9.17) is 4.74 Å². The number of rotatable bonds is 5. The van der Waals surface area contributed by atoms with E-state index in [2.05, 4.69) is 33.0 Å². The first-order valence-electron chi connectivity index (χ1n) is 6.87. The zero-order chi connectivity index (χ0) is 14.3. The number of benzene rings is 1. The first-order chi connectivity index (χ1) is 8.80. The van der Waals surface area contributed by atoms with Crippen LogP contribution < -0.4 is 10.1 Å². The van der Waals surface area contributed by atoms with E-state index < -0.39 is 0 Å². The lowest BCUT2D eigenvalue weighted by molar-refractivity contribution is 0.373. The largest absolute Gasteiger partial charge is 0.504 e. The predicted octanol–water partition coefficient (Wildman–Crippen LogP) is 3.17. The summed E-state index contributed by atoms with van der Waals surface area (Å²) in [4.78, 5) is 0. The highest BCUT2D eigenvalue weighted by Gasteiger charge is 2.63. The van der Waals surface area contributed by atoms with Crippen LogP contribution >= 0.6 is 0 Å². The molecule has 0 aliphatic heterocycles. The Morgan fingerprint density at radius 3 is 2.32 bits per heavy atom. The molecule has 0 unspecified atom stereocenters. The van der Waals surface area contributed by atoms with Crippen LogP contribution in [0.25, 0.3) is 0 Å². The second-order valence-electron chi connectivity index (χ2n) is 6.63. The van der Waals surface area contributed by atoms with E-state index in [1.807, 2.05) is 6.07 Å². The zero-order valence-electron chi connectivity index (χ0n) is 12.6. The van der Waals surface area contributed by atoms with Gasteiger partial charge in [0.15, 0.2) is 11.5 Å². The maximum atomic E-state index is 9.73. The van der Waals surface area contributed by atoms with Gasteiger partial charge in [0.2, 0.25) is 0 Å². The average Bonchev–Trinajstić information content (AvgIpc) is 2.71. The number of phenolic OH excluding ortho intramolecular Hbond substituents is 1. The molecule has 0 saturated heterocycles. The Bertz CT molecular complexity index is 452. The minimum atomic E-state index is 0.203. The van der Waals surface area contributed by atoms with Crippen molar-refractivity contribution in [1.29, 1.82) is 0 Å². The molecule has 3 nitrogen and oxygen atoms in total. The minimum absolute atomic E-state index is 0.203. The van der Waals surface area contributed by atoms with Crippen LogP contribution in [-0.2, 0) is 6.54 Å². The molecule has 1 fully saturated rings. The van der Waals surface area contributed by atoms with Crippen molar-refractivity contribution < 1.29 is 9.84 Å². The predicted molar refractivity (Wildman–Crippen MR) is 77.4 cm³/mol.